The molecule has 0 aromatic heterocycles. The Morgan fingerprint density at radius 1 is 1.35 bits per heavy atom. The number of halogens is 1. The second kappa shape index (κ2) is 8.49. The van der Waals surface area contributed by atoms with Gasteiger partial charge in [0.2, 0.25) is 0 Å². The Morgan fingerprint density at radius 3 is 3.00 bits per heavy atom. The van der Waals surface area contributed by atoms with E-state index in [1.807, 2.05) is 18.3 Å². The van der Waals surface area contributed by atoms with Crippen molar-refractivity contribution in [2.75, 3.05) is 12.4 Å². The van der Waals surface area contributed by atoms with Crippen LogP contribution in [0.3, 0.4) is 0 Å². The van der Waals surface area contributed by atoms with Gasteiger partial charge in [0.1, 0.15) is 0 Å². The van der Waals surface area contributed by atoms with Crippen molar-refractivity contribution in [3.8, 4) is 0 Å². The quantitative estimate of drug-likeness (QED) is 0.750. The van der Waals surface area contributed by atoms with Crippen LogP contribution in [0.1, 0.15) is 24.8 Å². The molecule has 1 aromatic carbocycles. The normalized spacial score (nSPS) is 14.8. The molecule has 0 saturated carbocycles. The molecule has 0 fully saturated rings. The van der Waals surface area contributed by atoms with Gasteiger partial charge in [-0.2, -0.15) is 0 Å². The Kier molecular flexibility index (Phi) is 6.63. The molecule has 2 rings (SSSR count). The van der Waals surface area contributed by atoms with E-state index in [1.54, 1.807) is 11.8 Å². The third-order valence-electron chi connectivity index (χ3n) is 2.97. The van der Waals surface area contributed by atoms with Gasteiger partial charge in [-0.25, -0.2) is 4.99 Å². The van der Waals surface area contributed by atoms with E-state index in [0.717, 1.165) is 36.1 Å². The number of nitrogens with two attached hydrogens (primary N) is 1. The predicted molar refractivity (Wildman–Crippen MR) is 89.8 cm³/mol. The molecule has 1 aromatic rings. The number of hydrogen-bond acceptors (Lipinski definition) is 4. The third-order valence-corrected chi connectivity index (χ3v) is 4.38. The van der Waals surface area contributed by atoms with Crippen LogP contribution in [0, 0.1) is 0 Å². The number of amidine groups is 1. The molecule has 0 bridgehead atoms. The fourth-order valence-corrected chi connectivity index (χ4v) is 3.03. The number of hydrogen-bond donors (Lipinski definition) is 1. The maximum absolute atomic E-state index is 5.69. The summed E-state index contributed by atoms with van der Waals surface area (Å²) in [5.74, 6) is 0.980. The van der Waals surface area contributed by atoms with Gasteiger partial charge in [0.05, 0.1) is 6.61 Å². The summed E-state index contributed by atoms with van der Waals surface area (Å²) >= 11 is 5.08. The molecule has 0 unspecified atom stereocenters. The molecule has 2 N–H and O–H groups in total. The maximum atomic E-state index is 5.69. The van der Waals surface area contributed by atoms with Crippen LogP contribution >= 0.6 is 27.7 Å². The minimum atomic E-state index is 0.672. The summed E-state index contributed by atoms with van der Waals surface area (Å²) < 4.78 is 6.79. The van der Waals surface area contributed by atoms with Gasteiger partial charge < -0.3 is 10.5 Å². The lowest BCUT2D eigenvalue weighted by Crippen LogP contribution is -2.10. The van der Waals surface area contributed by atoms with Crippen molar-refractivity contribution in [2.24, 2.45) is 10.7 Å². The van der Waals surface area contributed by atoms with Crippen molar-refractivity contribution < 1.29 is 4.74 Å². The smallest absolute Gasteiger partial charge is 0.158 e. The zero-order valence-corrected chi connectivity index (χ0v) is 13.8. The van der Waals surface area contributed by atoms with Crippen molar-refractivity contribution >= 4 is 32.9 Å². The Morgan fingerprint density at radius 2 is 2.25 bits per heavy atom. The molecule has 0 saturated heterocycles. The van der Waals surface area contributed by atoms with Crippen LogP contribution in [-0.2, 0) is 11.3 Å². The summed E-state index contributed by atoms with van der Waals surface area (Å²) in [5, 5.41) is 0.672. The Hall–Kier alpha value is -0.780. The first-order valence-electron chi connectivity index (χ1n) is 6.70. The van der Waals surface area contributed by atoms with Crippen molar-refractivity contribution in [1.82, 2.24) is 0 Å². The summed E-state index contributed by atoms with van der Waals surface area (Å²) in [6, 6.07) is 8.22. The molecule has 3 nitrogen and oxygen atoms in total. The summed E-state index contributed by atoms with van der Waals surface area (Å²) in [6.07, 6.45) is 5.22. The topological polar surface area (TPSA) is 47.6 Å². The number of aliphatic imine (C=N–C) groups is 1. The van der Waals surface area contributed by atoms with Crippen LogP contribution in [0.2, 0.25) is 0 Å². The molecule has 108 valence electrons. The van der Waals surface area contributed by atoms with Crippen LogP contribution in [0.15, 0.2) is 45.5 Å². The fourth-order valence-electron chi connectivity index (χ4n) is 1.91. The number of nitrogens with zero attached hydrogens (tertiary/aromatic N) is 1. The Bertz CT molecular complexity index is 502. The van der Waals surface area contributed by atoms with E-state index in [-0.39, 0.29) is 0 Å². The molecule has 0 spiro atoms. The highest BCUT2D eigenvalue weighted by Crippen LogP contribution is 2.19. The highest BCUT2D eigenvalue weighted by Gasteiger charge is 2.05. The maximum Gasteiger partial charge on any atom is 0.158 e. The first-order chi connectivity index (χ1) is 9.74. The molecule has 5 heteroatoms. The minimum Gasteiger partial charge on any atom is -0.378 e. The van der Waals surface area contributed by atoms with Gasteiger partial charge in [0, 0.05) is 23.0 Å². The van der Waals surface area contributed by atoms with Crippen LogP contribution in [-0.4, -0.2) is 17.5 Å². The molecule has 1 aliphatic heterocycles. The van der Waals surface area contributed by atoms with Gasteiger partial charge >= 0.3 is 0 Å². The van der Waals surface area contributed by atoms with E-state index in [2.05, 4.69) is 33.1 Å². The zero-order chi connectivity index (χ0) is 14.2. The van der Waals surface area contributed by atoms with Crippen molar-refractivity contribution in [2.45, 2.75) is 25.9 Å². The summed E-state index contributed by atoms with van der Waals surface area (Å²) in [7, 11) is 0. The lowest BCUT2D eigenvalue weighted by Gasteiger charge is -2.10. The van der Waals surface area contributed by atoms with Crippen LogP contribution in [0.25, 0.3) is 0 Å². The number of thioether (sulfide) groups is 1. The monoisotopic (exact) mass is 354 g/mol. The van der Waals surface area contributed by atoms with E-state index in [9.17, 15) is 0 Å². The third kappa shape index (κ3) is 5.69. The molecule has 0 amide bonds. The minimum absolute atomic E-state index is 0.672. The molecular formula is C15H19BrN2OS. The van der Waals surface area contributed by atoms with Gasteiger partial charge in [-0.05, 0) is 42.5 Å². The number of rotatable bonds is 7. The lowest BCUT2D eigenvalue weighted by molar-refractivity contribution is 0.117. The molecule has 0 atom stereocenters. The molecule has 0 aliphatic carbocycles. The molecule has 1 heterocycles. The van der Waals surface area contributed by atoms with Gasteiger partial charge in [-0.15, -0.1) is 0 Å². The second-order valence-electron chi connectivity index (χ2n) is 4.68. The predicted octanol–water partition coefficient (Wildman–Crippen LogP) is 4.08. The number of benzene rings is 1. The molecule has 20 heavy (non-hydrogen) atoms. The molecular weight excluding hydrogens is 336 g/mol. The highest BCUT2D eigenvalue weighted by molar-refractivity contribution is 9.10. The Balaban J connectivity index is 1.56. The van der Waals surface area contributed by atoms with Crippen molar-refractivity contribution in [1.29, 1.82) is 0 Å². The standard InChI is InChI=1S/C15H19BrN2OS/c16-14-6-3-5-12(8-14)10-19-7-2-1-4-13-9-18-15(17)20-11-13/h3,5-6,8-9H,1-2,4,7,10-11H2,(H2,17,18). The van der Waals surface area contributed by atoms with Crippen molar-refractivity contribution in [3.05, 3.63) is 46.1 Å². The van der Waals surface area contributed by atoms with Gasteiger partial charge in [0.15, 0.2) is 5.17 Å². The summed E-state index contributed by atoms with van der Waals surface area (Å²) in [5.41, 5.74) is 8.18. The van der Waals surface area contributed by atoms with Crippen LogP contribution in [0.4, 0.5) is 0 Å². The van der Waals surface area contributed by atoms with E-state index >= 15 is 0 Å². The van der Waals surface area contributed by atoms with Crippen LogP contribution in [0.5, 0.6) is 0 Å². The average Bonchev–Trinajstić information content (AvgIpc) is 2.45. The Labute approximate surface area is 132 Å². The van der Waals surface area contributed by atoms with E-state index in [4.69, 9.17) is 10.5 Å². The largest absolute Gasteiger partial charge is 0.378 e. The zero-order valence-electron chi connectivity index (χ0n) is 11.3. The first kappa shape index (κ1) is 15.6. The molecule has 0 radical (unpaired) electrons. The van der Waals surface area contributed by atoms with E-state index in [0.29, 0.717) is 11.8 Å². The van der Waals surface area contributed by atoms with Gasteiger partial charge in [-0.1, -0.05) is 39.8 Å². The van der Waals surface area contributed by atoms with Crippen LogP contribution < -0.4 is 5.73 Å². The fraction of sp³-hybridized carbons (Fsp3) is 0.400. The lowest BCUT2D eigenvalue weighted by atomic mass is 10.1. The summed E-state index contributed by atoms with van der Waals surface area (Å²) in [4.78, 5) is 4.13. The highest BCUT2D eigenvalue weighted by atomic mass is 79.9. The SMILES string of the molecule is NC1=NC=C(CCCCOCc2cccc(Br)c2)CS1. The van der Waals surface area contributed by atoms with E-state index in [1.165, 1.54) is 11.1 Å². The number of unbranched alkanes of at least 4 members (excludes halogenated alkanes) is 1. The first-order valence-corrected chi connectivity index (χ1v) is 8.48. The molecule has 1 aliphatic rings. The van der Waals surface area contributed by atoms with Crippen molar-refractivity contribution in [3.63, 3.8) is 0 Å². The van der Waals surface area contributed by atoms with Gasteiger partial charge in [0.25, 0.3) is 0 Å². The second-order valence-corrected chi connectivity index (χ2v) is 6.59. The van der Waals surface area contributed by atoms with Gasteiger partial charge in [-0.3, -0.25) is 0 Å². The number of ether oxygens (including phenoxy) is 1. The van der Waals surface area contributed by atoms with E-state index < -0.39 is 0 Å². The average molecular weight is 355 g/mol. The summed E-state index contributed by atoms with van der Waals surface area (Å²) in [6.45, 7) is 1.48.